The molecule has 1 unspecified atom stereocenters. The summed E-state index contributed by atoms with van der Waals surface area (Å²) in [4.78, 5) is 5.39. The van der Waals surface area contributed by atoms with Gasteiger partial charge < -0.3 is 4.57 Å². The second kappa shape index (κ2) is 8.95. The van der Waals surface area contributed by atoms with Gasteiger partial charge in [-0.1, -0.05) is 41.9 Å². The first-order chi connectivity index (χ1) is 11.8. The molecule has 0 saturated carbocycles. The first-order valence-corrected chi connectivity index (χ1v) is 9.47. The van der Waals surface area contributed by atoms with E-state index in [1.54, 1.807) is 0 Å². The van der Waals surface area contributed by atoms with Crippen LogP contribution in [0.5, 0.6) is 0 Å². The van der Waals surface area contributed by atoms with Gasteiger partial charge in [-0.2, -0.15) is 0 Å². The van der Waals surface area contributed by atoms with Gasteiger partial charge in [-0.25, -0.2) is 4.98 Å². The van der Waals surface area contributed by atoms with Crippen molar-refractivity contribution in [1.29, 1.82) is 0 Å². The van der Waals surface area contributed by atoms with E-state index in [9.17, 15) is 0 Å². The predicted molar refractivity (Wildman–Crippen MR) is 103 cm³/mol. The summed E-state index contributed by atoms with van der Waals surface area (Å²) >= 11 is 7.95. The summed E-state index contributed by atoms with van der Waals surface area (Å²) in [5.41, 5.74) is 1.39. The molecule has 3 rings (SSSR count). The van der Waals surface area contributed by atoms with E-state index in [1.165, 1.54) is 16.9 Å². The molecule has 0 saturated heterocycles. The highest BCUT2D eigenvalue weighted by atomic mass is 35.5. The van der Waals surface area contributed by atoms with Crippen LogP contribution < -0.4 is 0 Å². The molecule has 0 spiro atoms. The Kier molecular flexibility index (Phi) is 6.39. The maximum absolute atomic E-state index is 6.00. The summed E-state index contributed by atoms with van der Waals surface area (Å²) in [7, 11) is 0. The third-order valence-electron chi connectivity index (χ3n) is 3.92. The van der Waals surface area contributed by atoms with Gasteiger partial charge in [0.25, 0.3) is 0 Å². The van der Waals surface area contributed by atoms with Gasteiger partial charge in [-0.05, 0) is 49.1 Å². The van der Waals surface area contributed by atoms with Crippen molar-refractivity contribution in [3.63, 3.8) is 0 Å². The molecule has 4 heteroatoms. The van der Waals surface area contributed by atoms with Crippen molar-refractivity contribution in [3.05, 3.63) is 83.9 Å². The Hall–Kier alpha value is -1.71. The summed E-state index contributed by atoms with van der Waals surface area (Å²) in [6.07, 6.45) is 9.15. The fourth-order valence-corrected chi connectivity index (χ4v) is 4.07. The molecule has 124 valence electrons. The SMILES string of the molecule is Clc1ccc(SC(CCCn2ccnc2)Cc2ccccc2)cc1. The lowest BCUT2D eigenvalue weighted by atomic mass is 10.1. The molecule has 0 N–H and O–H groups in total. The van der Waals surface area contributed by atoms with E-state index in [2.05, 4.69) is 52.0 Å². The van der Waals surface area contributed by atoms with Gasteiger partial charge >= 0.3 is 0 Å². The molecule has 2 nitrogen and oxygen atoms in total. The monoisotopic (exact) mass is 356 g/mol. The minimum atomic E-state index is 0.553. The van der Waals surface area contributed by atoms with E-state index in [0.29, 0.717) is 5.25 Å². The van der Waals surface area contributed by atoms with Crippen molar-refractivity contribution in [2.75, 3.05) is 0 Å². The zero-order chi connectivity index (χ0) is 16.6. The van der Waals surface area contributed by atoms with E-state index >= 15 is 0 Å². The second-order valence-electron chi connectivity index (χ2n) is 5.83. The van der Waals surface area contributed by atoms with Crippen molar-refractivity contribution in [2.45, 2.75) is 36.0 Å². The molecule has 0 aliphatic carbocycles. The number of aromatic nitrogens is 2. The molecule has 24 heavy (non-hydrogen) atoms. The van der Waals surface area contributed by atoms with Gasteiger partial charge in [0, 0.05) is 34.1 Å². The molecule has 1 atom stereocenters. The number of rotatable bonds is 8. The van der Waals surface area contributed by atoms with Crippen LogP contribution in [0.15, 0.2) is 78.2 Å². The Morgan fingerprint density at radius 2 is 1.83 bits per heavy atom. The predicted octanol–water partition coefficient (Wildman–Crippen LogP) is 5.72. The first kappa shape index (κ1) is 17.1. The lowest BCUT2D eigenvalue weighted by molar-refractivity contribution is 0.594. The molecule has 0 amide bonds. The van der Waals surface area contributed by atoms with E-state index in [4.69, 9.17) is 11.6 Å². The summed E-state index contributed by atoms with van der Waals surface area (Å²) < 4.78 is 2.15. The summed E-state index contributed by atoms with van der Waals surface area (Å²) in [6.45, 7) is 1.02. The normalized spacial score (nSPS) is 12.2. The standard InChI is InChI=1S/C20H21ClN2S/c21-18-8-10-19(11-9-18)24-20(15-17-5-2-1-3-6-17)7-4-13-23-14-12-22-16-23/h1-3,5-6,8-12,14,16,20H,4,7,13,15H2. The molecule has 2 aromatic carbocycles. The smallest absolute Gasteiger partial charge is 0.0945 e. The number of imidazole rings is 1. The largest absolute Gasteiger partial charge is 0.337 e. The number of benzene rings is 2. The minimum Gasteiger partial charge on any atom is -0.337 e. The Balaban J connectivity index is 1.61. The summed E-state index contributed by atoms with van der Waals surface area (Å²) in [5, 5.41) is 1.34. The van der Waals surface area contributed by atoms with Crippen LogP contribution in [0.4, 0.5) is 0 Å². The average molecular weight is 357 g/mol. The van der Waals surface area contributed by atoms with Crippen molar-refractivity contribution in [3.8, 4) is 0 Å². The molecular formula is C20H21ClN2S. The molecule has 3 aromatic rings. The number of aryl methyl sites for hydroxylation is 1. The third kappa shape index (κ3) is 5.43. The van der Waals surface area contributed by atoms with Gasteiger partial charge in [0.2, 0.25) is 0 Å². The summed E-state index contributed by atoms with van der Waals surface area (Å²) in [5.74, 6) is 0. The molecule has 1 aromatic heterocycles. The van der Waals surface area contributed by atoms with Gasteiger partial charge in [-0.15, -0.1) is 11.8 Å². The Morgan fingerprint density at radius 1 is 1.04 bits per heavy atom. The van der Waals surface area contributed by atoms with Gasteiger partial charge in [0.05, 0.1) is 6.33 Å². The average Bonchev–Trinajstić information content (AvgIpc) is 3.11. The lowest BCUT2D eigenvalue weighted by Crippen LogP contribution is -2.09. The number of hydrogen-bond acceptors (Lipinski definition) is 2. The van der Waals surface area contributed by atoms with Crippen LogP contribution in [0.2, 0.25) is 5.02 Å². The quantitative estimate of drug-likeness (QED) is 0.480. The molecule has 0 bridgehead atoms. The molecule has 0 fully saturated rings. The molecule has 0 aliphatic heterocycles. The molecule has 1 heterocycles. The maximum Gasteiger partial charge on any atom is 0.0945 e. The van der Waals surface area contributed by atoms with Crippen molar-refractivity contribution in [1.82, 2.24) is 9.55 Å². The van der Waals surface area contributed by atoms with Gasteiger partial charge in [-0.3, -0.25) is 0 Å². The lowest BCUT2D eigenvalue weighted by Gasteiger charge is -2.17. The van der Waals surface area contributed by atoms with Crippen molar-refractivity contribution < 1.29 is 0 Å². The van der Waals surface area contributed by atoms with Crippen LogP contribution in [0.25, 0.3) is 0 Å². The Labute approximate surface area is 152 Å². The number of hydrogen-bond donors (Lipinski definition) is 0. The fraction of sp³-hybridized carbons (Fsp3) is 0.250. The van der Waals surface area contributed by atoms with Crippen LogP contribution >= 0.6 is 23.4 Å². The van der Waals surface area contributed by atoms with Crippen molar-refractivity contribution >= 4 is 23.4 Å². The van der Waals surface area contributed by atoms with Crippen LogP contribution in [-0.4, -0.2) is 14.8 Å². The summed E-state index contributed by atoms with van der Waals surface area (Å²) in [6, 6.07) is 18.9. The highest BCUT2D eigenvalue weighted by molar-refractivity contribution is 8.00. The van der Waals surface area contributed by atoms with E-state index in [1.807, 2.05) is 42.6 Å². The van der Waals surface area contributed by atoms with E-state index in [0.717, 1.165) is 24.4 Å². The molecular weight excluding hydrogens is 336 g/mol. The maximum atomic E-state index is 6.00. The number of nitrogens with zero attached hydrogens (tertiary/aromatic N) is 2. The third-order valence-corrected chi connectivity index (χ3v) is 5.46. The second-order valence-corrected chi connectivity index (χ2v) is 7.64. The zero-order valence-corrected chi connectivity index (χ0v) is 15.1. The fourth-order valence-electron chi connectivity index (χ4n) is 2.71. The highest BCUT2D eigenvalue weighted by Gasteiger charge is 2.12. The van der Waals surface area contributed by atoms with Crippen LogP contribution in [0.3, 0.4) is 0 Å². The highest BCUT2D eigenvalue weighted by Crippen LogP contribution is 2.30. The van der Waals surface area contributed by atoms with Gasteiger partial charge in [0.1, 0.15) is 0 Å². The molecule has 0 aliphatic rings. The zero-order valence-electron chi connectivity index (χ0n) is 13.5. The Bertz CT molecular complexity index is 711. The molecule has 0 radical (unpaired) electrons. The van der Waals surface area contributed by atoms with Crippen LogP contribution in [0.1, 0.15) is 18.4 Å². The van der Waals surface area contributed by atoms with Gasteiger partial charge in [0.15, 0.2) is 0 Å². The van der Waals surface area contributed by atoms with E-state index < -0.39 is 0 Å². The minimum absolute atomic E-state index is 0.553. The van der Waals surface area contributed by atoms with Crippen molar-refractivity contribution in [2.24, 2.45) is 0 Å². The van der Waals surface area contributed by atoms with E-state index in [-0.39, 0.29) is 0 Å². The Morgan fingerprint density at radius 3 is 2.54 bits per heavy atom. The first-order valence-electron chi connectivity index (χ1n) is 8.21. The topological polar surface area (TPSA) is 17.8 Å². The van der Waals surface area contributed by atoms with Crippen LogP contribution in [0, 0.1) is 0 Å². The number of halogens is 1. The van der Waals surface area contributed by atoms with Crippen LogP contribution in [-0.2, 0) is 13.0 Å². The number of thioether (sulfide) groups is 1.